The van der Waals surface area contributed by atoms with Crippen molar-refractivity contribution in [2.75, 3.05) is 18.6 Å². The predicted molar refractivity (Wildman–Crippen MR) is 86.0 cm³/mol. The van der Waals surface area contributed by atoms with Gasteiger partial charge < -0.3 is 9.64 Å². The molecule has 0 aliphatic rings. The molecule has 0 spiro atoms. The molecule has 2 aromatic heterocycles. The van der Waals surface area contributed by atoms with Crippen LogP contribution in [0.3, 0.4) is 0 Å². The molecule has 2 heterocycles. The fourth-order valence-electron chi connectivity index (χ4n) is 1.84. The van der Waals surface area contributed by atoms with Crippen molar-refractivity contribution in [1.29, 1.82) is 0 Å². The predicted octanol–water partition coefficient (Wildman–Crippen LogP) is 3.04. The Morgan fingerprint density at radius 1 is 1.29 bits per heavy atom. The second-order valence-electron chi connectivity index (χ2n) is 4.64. The SMILES string of the molecule is CCOC(=O)CCc1csc(N(C)Cc2csc(C)n2)n1. The van der Waals surface area contributed by atoms with E-state index in [-0.39, 0.29) is 5.97 Å². The highest BCUT2D eigenvalue weighted by atomic mass is 32.1. The van der Waals surface area contributed by atoms with Crippen molar-refractivity contribution in [2.24, 2.45) is 0 Å². The van der Waals surface area contributed by atoms with Crippen LogP contribution >= 0.6 is 22.7 Å². The Hall–Kier alpha value is -1.47. The van der Waals surface area contributed by atoms with E-state index in [1.54, 1.807) is 22.7 Å². The van der Waals surface area contributed by atoms with Gasteiger partial charge in [-0.3, -0.25) is 4.79 Å². The van der Waals surface area contributed by atoms with Gasteiger partial charge in [-0.15, -0.1) is 22.7 Å². The maximum Gasteiger partial charge on any atom is 0.306 e. The van der Waals surface area contributed by atoms with Gasteiger partial charge in [0.25, 0.3) is 0 Å². The standard InChI is InChI=1S/C14H19N3O2S2/c1-4-19-13(18)6-5-11-8-21-14(16-11)17(3)7-12-9-20-10(2)15-12/h8-9H,4-7H2,1-3H3. The third kappa shape index (κ3) is 4.78. The summed E-state index contributed by atoms with van der Waals surface area (Å²) >= 11 is 3.24. The average molecular weight is 325 g/mol. The van der Waals surface area contributed by atoms with Crippen molar-refractivity contribution in [3.63, 3.8) is 0 Å². The van der Waals surface area contributed by atoms with Crippen LogP contribution in [0, 0.1) is 6.92 Å². The average Bonchev–Trinajstić information content (AvgIpc) is 3.06. The third-order valence-corrected chi connectivity index (χ3v) is 4.65. The van der Waals surface area contributed by atoms with Gasteiger partial charge in [0.1, 0.15) is 0 Å². The number of carbonyl (C=O) groups is 1. The van der Waals surface area contributed by atoms with Gasteiger partial charge in [0.15, 0.2) is 5.13 Å². The summed E-state index contributed by atoms with van der Waals surface area (Å²) in [5, 5.41) is 6.09. The second-order valence-corrected chi connectivity index (χ2v) is 6.54. The smallest absolute Gasteiger partial charge is 0.306 e. The Labute approximate surface area is 132 Å². The Bertz CT molecular complexity index is 595. The van der Waals surface area contributed by atoms with Crippen LogP contribution in [0.25, 0.3) is 0 Å². The first-order valence-corrected chi connectivity index (χ1v) is 8.56. The van der Waals surface area contributed by atoms with Crippen LogP contribution in [-0.2, 0) is 22.5 Å². The van der Waals surface area contributed by atoms with E-state index in [1.807, 2.05) is 26.3 Å². The van der Waals surface area contributed by atoms with Crippen LogP contribution in [0.1, 0.15) is 29.7 Å². The van der Waals surface area contributed by atoms with Gasteiger partial charge in [-0.05, 0) is 13.8 Å². The number of hydrogen-bond acceptors (Lipinski definition) is 7. The number of aryl methyl sites for hydroxylation is 2. The Balaban J connectivity index is 1.88. The first-order valence-electron chi connectivity index (χ1n) is 6.80. The lowest BCUT2D eigenvalue weighted by Crippen LogP contribution is -2.16. The van der Waals surface area contributed by atoms with Gasteiger partial charge in [-0.2, -0.15) is 0 Å². The Morgan fingerprint density at radius 2 is 2.05 bits per heavy atom. The topological polar surface area (TPSA) is 55.3 Å². The molecule has 0 fully saturated rings. The number of esters is 1. The molecule has 7 heteroatoms. The van der Waals surface area contributed by atoms with E-state index in [1.165, 1.54) is 0 Å². The van der Waals surface area contributed by atoms with Gasteiger partial charge in [0.05, 0.1) is 36.0 Å². The number of aromatic nitrogens is 2. The normalized spacial score (nSPS) is 10.6. The molecule has 0 aliphatic carbocycles. The summed E-state index contributed by atoms with van der Waals surface area (Å²) in [5.41, 5.74) is 1.99. The number of rotatable bonds is 7. The molecule has 0 saturated carbocycles. The molecule has 0 amide bonds. The zero-order valence-electron chi connectivity index (χ0n) is 12.5. The molecule has 0 atom stereocenters. The lowest BCUT2D eigenvalue weighted by atomic mass is 10.2. The summed E-state index contributed by atoms with van der Waals surface area (Å²) < 4.78 is 4.92. The largest absolute Gasteiger partial charge is 0.466 e. The minimum absolute atomic E-state index is 0.168. The highest BCUT2D eigenvalue weighted by Gasteiger charge is 2.11. The molecule has 0 saturated heterocycles. The van der Waals surface area contributed by atoms with Gasteiger partial charge >= 0.3 is 5.97 Å². The minimum atomic E-state index is -0.168. The van der Waals surface area contributed by atoms with Crippen LogP contribution in [0.4, 0.5) is 5.13 Å². The summed E-state index contributed by atoms with van der Waals surface area (Å²) in [6.07, 6.45) is 1.00. The maximum absolute atomic E-state index is 11.3. The van der Waals surface area contributed by atoms with Crippen molar-refractivity contribution >= 4 is 33.8 Å². The number of hydrogen-bond donors (Lipinski definition) is 0. The molecule has 0 radical (unpaired) electrons. The number of thiazole rings is 2. The summed E-state index contributed by atoms with van der Waals surface area (Å²) in [5.74, 6) is -0.168. The van der Waals surface area contributed by atoms with E-state index in [2.05, 4.69) is 20.2 Å². The molecule has 0 unspecified atom stereocenters. The van der Waals surface area contributed by atoms with Crippen LogP contribution in [-0.4, -0.2) is 29.6 Å². The molecule has 21 heavy (non-hydrogen) atoms. The number of nitrogens with zero attached hydrogens (tertiary/aromatic N) is 3. The van der Waals surface area contributed by atoms with Crippen LogP contribution in [0.2, 0.25) is 0 Å². The maximum atomic E-state index is 11.3. The minimum Gasteiger partial charge on any atom is -0.466 e. The first-order chi connectivity index (χ1) is 10.1. The zero-order valence-corrected chi connectivity index (χ0v) is 14.1. The van der Waals surface area contributed by atoms with Gasteiger partial charge in [0, 0.05) is 24.2 Å². The molecular weight excluding hydrogens is 306 g/mol. The highest BCUT2D eigenvalue weighted by Crippen LogP contribution is 2.22. The van der Waals surface area contributed by atoms with E-state index >= 15 is 0 Å². The van der Waals surface area contributed by atoms with E-state index in [9.17, 15) is 4.79 Å². The fourth-order valence-corrected chi connectivity index (χ4v) is 3.27. The number of anilines is 1. The van der Waals surface area contributed by atoms with Crippen LogP contribution in [0.5, 0.6) is 0 Å². The summed E-state index contributed by atoms with van der Waals surface area (Å²) in [6.45, 7) is 4.99. The summed E-state index contributed by atoms with van der Waals surface area (Å²) in [4.78, 5) is 22.4. The van der Waals surface area contributed by atoms with Crippen LogP contribution < -0.4 is 4.90 Å². The quantitative estimate of drug-likeness (QED) is 0.732. The van der Waals surface area contributed by atoms with Crippen molar-refractivity contribution in [3.05, 3.63) is 27.2 Å². The van der Waals surface area contributed by atoms with Gasteiger partial charge in [-0.1, -0.05) is 0 Å². The molecule has 114 valence electrons. The van der Waals surface area contributed by atoms with Gasteiger partial charge in [-0.25, -0.2) is 9.97 Å². The highest BCUT2D eigenvalue weighted by molar-refractivity contribution is 7.13. The third-order valence-electron chi connectivity index (χ3n) is 2.82. The monoisotopic (exact) mass is 325 g/mol. The van der Waals surface area contributed by atoms with Crippen LogP contribution in [0.15, 0.2) is 10.8 Å². The Kier molecular flexibility index (Phi) is 5.69. The molecule has 2 aromatic rings. The Morgan fingerprint density at radius 3 is 2.71 bits per heavy atom. The molecular formula is C14H19N3O2S2. The van der Waals surface area contributed by atoms with E-state index in [4.69, 9.17) is 4.74 Å². The van der Waals surface area contributed by atoms with Crippen molar-refractivity contribution in [2.45, 2.75) is 33.2 Å². The zero-order chi connectivity index (χ0) is 15.2. The molecule has 5 nitrogen and oxygen atoms in total. The second kappa shape index (κ2) is 7.51. The lowest BCUT2D eigenvalue weighted by Gasteiger charge is -2.13. The lowest BCUT2D eigenvalue weighted by molar-refractivity contribution is -0.143. The van der Waals surface area contributed by atoms with Crippen molar-refractivity contribution in [1.82, 2.24) is 9.97 Å². The first kappa shape index (κ1) is 15.9. The number of carbonyl (C=O) groups excluding carboxylic acids is 1. The molecule has 0 aromatic carbocycles. The fraction of sp³-hybridized carbons (Fsp3) is 0.500. The van der Waals surface area contributed by atoms with E-state index in [0.29, 0.717) is 19.4 Å². The molecule has 0 bridgehead atoms. The summed E-state index contributed by atoms with van der Waals surface area (Å²) in [7, 11) is 2.00. The van der Waals surface area contributed by atoms with Crippen molar-refractivity contribution < 1.29 is 9.53 Å². The number of ether oxygens (including phenoxy) is 1. The summed E-state index contributed by atoms with van der Waals surface area (Å²) in [6, 6.07) is 0. The molecule has 2 rings (SSSR count). The molecule has 0 aliphatic heterocycles. The van der Waals surface area contributed by atoms with E-state index in [0.717, 1.165) is 28.1 Å². The van der Waals surface area contributed by atoms with E-state index < -0.39 is 0 Å². The van der Waals surface area contributed by atoms with Gasteiger partial charge in [0.2, 0.25) is 0 Å². The molecule has 0 N–H and O–H groups in total. The van der Waals surface area contributed by atoms with Crippen molar-refractivity contribution in [3.8, 4) is 0 Å².